The molecule has 0 aliphatic carbocycles. The van der Waals surface area contributed by atoms with Gasteiger partial charge in [-0.05, 0) is 30.7 Å². The van der Waals surface area contributed by atoms with Gasteiger partial charge >= 0.3 is 5.97 Å². The maximum Gasteiger partial charge on any atom is 0.327 e. The van der Waals surface area contributed by atoms with E-state index >= 15 is 0 Å². The van der Waals surface area contributed by atoms with Gasteiger partial charge in [0.1, 0.15) is 10.3 Å². The summed E-state index contributed by atoms with van der Waals surface area (Å²) in [5, 5.41) is 9.37. The highest BCUT2D eigenvalue weighted by Gasteiger charge is 2.42. The van der Waals surface area contributed by atoms with Gasteiger partial charge in [0, 0.05) is 11.3 Å². The molecular formula is C14H13NO4S2. The molecule has 1 aromatic carbocycles. The number of hydrogen-bond acceptors (Lipinski definition) is 4. The number of hydrogen-bond donors (Lipinski definition) is 1. The minimum atomic E-state index is -3.85. The highest BCUT2D eigenvalue weighted by molar-refractivity contribution is 7.94. The lowest BCUT2D eigenvalue weighted by molar-refractivity contribution is -0.138. The van der Waals surface area contributed by atoms with Gasteiger partial charge in [0.25, 0.3) is 10.0 Å². The lowest BCUT2D eigenvalue weighted by atomic mass is 10.1. The second kappa shape index (κ2) is 4.85. The summed E-state index contributed by atoms with van der Waals surface area (Å²) in [6, 6.07) is 9.06. The Balaban J connectivity index is 2.16. The van der Waals surface area contributed by atoms with Gasteiger partial charge in [-0.15, -0.1) is 11.3 Å². The van der Waals surface area contributed by atoms with Crippen LogP contribution >= 0.6 is 11.3 Å². The van der Waals surface area contributed by atoms with Crippen molar-refractivity contribution in [1.29, 1.82) is 0 Å². The van der Waals surface area contributed by atoms with E-state index in [0.717, 1.165) is 26.1 Å². The molecule has 1 atom stereocenters. The van der Waals surface area contributed by atoms with Crippen molar-refractivity contribution in [3.8, 4) is 0 Å². The van der Waals surface area contributed by atoms with Gasteiger partial charge in [-0.3, -0.25) is 4.31 Å². The van der Waals surface area contributed by atoms with Crippen molar-refractivity contribution < 1.29 is 18.3 Å². The Labute approximate surface area is 126 Å². The molecule has 2 aromatic rings. The lowest BCUT2D eigenvalue weighted by Crippen LogP contribution is -2.42. The number of thiophene rings is 1. The lowest BCUT2D eigenvalue weighted by Gasteiger charge is -2.23. The fraction of sp³-hybridized carbons (Fsp3) is 0.214. The van der Waals surface area contributed by atoms with E-state index in [1.54, 1.807) is 30.3 Å². The Hall–Kier alpha value is -1.86. The van der Waals surface area contributed by atoms with Crippen LogP contribution in [0.5, 0.6) is 0 Å². The monoisotopic (exact) mass is 323 g/mol. The molecule has 1 aromatic heterocycles. The first-order valence-corrected chi connectivity index (χ1v) is 8.58. The van der Waals surface area contributed by atoms with Crippen LogP contribution in [0.15, 0.2) is 40.6 Å². The number of rotatable bonds is 3. The Kier molecular flexibility index (Phi) is 3.26. The molecule has 1 unspecified atom stereocenters. The Bertz CT molecular complexity index is 810. The first-order valence-electron chi connectivity index (χ1n) is 6.33. The van der Waals surface area contributed by atoms with Gasteiger partial charge < -0.3 is 5.11 Å². The summed E-state index contributed by atoms with van der Waals surface area (Å²) >= 11 is 1.15. The van der Waals surface area contributed by atoms with Crippen LogP contribution in [0.2, 0.25) is 0 Å². The summed E-state index contributed by atoms with van der Waals surface area (Å²) in [4.78, 5) is 12.3. The van der Waals surface area contributed by atoms with Crippen molar-refractivity contribution >= 4 is 33.0 Å². The predicted molar refractivity (Wildman–Crippen MR) is 80.3 cm³/mol. The van der Waals surface area contributed by atoms with Crippen LogP contribution in [-0.4, -0.2) is 25.5 Å². The molecule has 2 heterocycles. The third kappa shape index (κ3) is 2.22. The fourth-order valence-corrected chi connectivity index (χ4v) is 5.51. The number of anilines is 1. The first kappa shape index (κ1) is 14.1. The normalized spacial score (nSPS) is 17.8. The number of aryl methyl sites for hydroxylation is 1. The molecule has 5 nitrogen and oxygen atoms in total. The van der Waals surface area contributed by atoms with E-state index in [4.69, 9.17) is 0 Å². The standard InChI is InChI=1S/C14H13NO4S2/c1-9-6-7-13(20-9)21(18,19)15-11-5-3-2-4-10(11)8-12(15)14(16)17/h2-7,12H,8H2,1H3,(H,16,17). The van der Waals surface area contributed by atoms with Gasteiger partial charge in [0.05, 0.1) is 5.69 Å². The molecule has 1 aliphatic rings. The fourth-order valence-electron chi connectivity index (χ4n) is 2.49. The summed E-state index contributed by atoms with van der Waals surface area (Å²) < 4.78 is 26.8. The molecule has 0 saturated carbocycles. The number of carboxylic acids is 1. The predicted octanol–water partition coefficient (Wildman–Crippen LogP) is 2.26. The van der Waals surface area contributed by atoms with Crippen molar-refractivity contribution in [2.75, 3.05) is 4.31 Å². The topological polar surface area (TPSA) is 74.7 Å². The van der Waals surface area contributed by atoms with E-state index in [1.807, 2.05) is 6.92 Å². The van der Waals surface area contributed by atoms with Crippen LogP contribution in [0.3, 0.4) is 0 Å². The molecule has 0 saturated heterocycles. The summed E-state index contributed by atoms with van der Waals surface area (Å²) in [6.45, 7) is 1.82. The van der Waals surface area contributed by atoms with Crippen LogP contribution in [0.25, 0.3) is 0 Å². The Morgan fingerprint density at radius 1 is 1.29 bits per heavy atom. The Morgan fingerprint density at radius 2 is 2.00 bits per heavy atom. The summed E-state index contributed by atoms with van der Waals surface area (Å²) in [5.74, 6) is -1.14. The molecule has 21 heavy (non-hydrogen) atoms. The van der Waals surface area contributed by atoms with E-state index in [1.165, 1.54) is 6.07 Å². The number of para-hydroxylation sites is 1. The minimum Gasteiger partial charge on any atom is -0.480 e. The molecule has 1 aliphatic heterocycles. The molecule has 0 amide bonds. The summed E-state index contributed by atoms with van der Waals surface area (Å²) in [5.41, 5.74) is 1.19. The second-order valence-corrected chi connectivity index (χ2v) is 8.18. The molecule has 0 radical (unpaired) electrons. The number of carboxylic acid groups (broad SMARTS) is 1. The van der Waals surface area contributed by atoms with E-state index < -0.39 is 22.0 Å². The van der Waals surface area contributed by atoms with Crippen LogP contribution in [-0.2, 0) is 21.2 Å². The zero-order valence-corrected chi connectivity index (χ0v) is 12.8. The van der Waals surface area contributed by atoms with Crippen molar-refractivity contribution in [3.63, 3.8) is 0 Å². The van der Waals surface area contributed by atoms with E-state index in [9.17, 15) is 18.3 Å². The highest BCUT2D eigenvalue weighted by Crippen LogP contribution is 2.38. The van der Waals surface area contributed by atoms with Crippen LogP contribution in [0, 0.1) is 6.92 Å². The van der Waals surface area contributed by atoms with Crippen LogP contribution < -0.4 is 4.31 Å². The van der Waals surface area contributed by atoms with Gasteiger partial charge in [-0.2, -0.15) is 0 Å². The molecule has 0 bridgehead atoms. The molecular weight excluding hydrogens is 310 g/mol. The number of sulfonamides is 1. The maximum atomic E-state index is 12.8. The summed E-state index contributed by atoms with van der Waals surface area (Å²) in [6.07, 6.45) is 0.190. The van der Waals surface area contributed by atoms with Gasteiger partial charge in [-0.25, -0.2) is 13.2 Å². The van der Waals surface area contributed by atoms with Crippen LogP contribution in [0.1, 0.15) is 10.4 Å². The number of aliphatic carboxylic acids is 1. The molecule has 110 valence electrons. The van der Waals surface area contributed by atoms with Crippen molar-refractivity contribution in [2.24, 2.45) is 0 Å². The molecule has 0 spiro atoms. The van der Waals surface area contributed by atoms with E-state index in [2.05, 4.69) is 0 Å². The van der Waals surface area contributed by atoms with Crippen molar-refractivity contribution in [3.05, 3.63) is 46.8 Å². The SMILES string of the molecule is Cc1ccc(S(=O)(=O)N2c3ccccc3CC2C(=O)O)s1. The van der Waals surface area contributed by atoms with Crippen molar-refractivity contribution in [1.82, 2.24) is 0 Å². The van der Waals surface area contributed by atoms with E-state index in [0.29, 0.717) is 5.69 Å². The van der Waals surface area contributed by atoms with Crippen molar-refractivity contribution in [2.45, 2.75) is 23.6 Å². The average Bonchev–Trinajstić information content (AvgIpc) is 3.02. The molecule has 3 rings (SSSR count). The zero-order chi connectivity index (χ0) is 15.2. The number of nitrogens with zero attached hydrogens (tertiary/aromatic N) is 1. The number of benzene rings is 1. The smallest absolute Gasteiger partial charge is 0.327 e. The maximum absolute atomic E-state index is 12.8. The highest BCUT2D eigenvalue weighted by atomic mass is 32.2. The molecule has 7 heteroatoms. The quantitative estimate of drug-likeness (QED) is 0.940. The summed E-state index contributed by atoms with van der Waals surface area (Å²) in [7, 11) is -3.85. The third-order valence-electron chi connectivity index (χ3n) is 3.44. The second-order valence-electron chi connectivity index (χ2n) is 4.85. The zero-order valence-electron chi connectivity index (χ0n) is 11.2. The first-order chi connectivity index (χ1) is 9.91. The average molecular weight is 323 g/mol. The van der Waals surface area contributed by atoms with Gasteiger partial charge in [-0.1, -0.05) is 18.2 Å². The number of carbonyl (C=O) groups is 1. The van der Waals surface area contributed by atoms with Gasteiger partial charge in [0.15, 0.2) is 0 Å². The third-order valence-corrected chi connectivity index (χ3v) is 6.73. The number of fused-ring (bicyclic) bond motifs is 1. The molecule has 1 N–H and O–H groups in total. The minimum absolute atomic E-state index is 0.169. The Morgan fingerprint density at radius 3 is 2.62 bits per heavy atom. The van der Waals surface area contributed by atoms with E-state index in [-0.39, 0.29) is 10.6 Å². The van der Waals surface area contributed by atoms with Crippen LogP contribution in [0.4, 0.5) is 5.69 Å². The van der Waals surface area contributed by atoms with Gasteiger partial charge in [0.2, 0.25) is 0 Å². The largest absolute Gasteiger partial charge is 0.480 e. The molecule has 0 fully saturated rings.